The van der Waals surface area contributed by atoms with Crippen molar-refractivity contribution in [1.82, 2.24) is 20.3 Å². The maximum atomic E-state index is 14.0. The summed E-state index contributed by atoms with van der Waals surface area (Å²) in [4.78, 5) is 12.3. The minimum Gasteiger partial charge on any atom is -0.381 e. The van der Waals surface area contributed by atoms with Crippen molar-refractivity contribution < 1.29 is 13.9 Å². The molecule has 0 radical (unpaired) electrons. The number of rotatable bonds is 3. The highest BCUT2D eigenvalue weighted by molar-refractivity contribution is 6.30. The average Bonchev–Trinajstić information content (AvgIpc) is 3.08. The van der Waals surface area contributed by atoms with Crippen LogP contribution in [0.5, 0.6) is 0 Å². The molecule has 1 saturated heterocycles. The highest BCUT2D eigenvalue weighted by Crippen LogP contribution is 2.22. The molecule has 0 spiro atoms. The zero-order valence-electron chi connectivity index (χ0n) is 12.5. The van der Waals surface area contributed by atoms with Crippen LogP contribution in [-0.2, 0) is 4.74 Å². The van der Waals surface area contributed by atoms with Gasteiger partial charge in [-0.25, -0.2) is 9.07 Å². The van der Waals surface area contributed by atoms with Gasteiger partial charge in [-0.05, 0) is 12.1 Å². The molecule has 1 amide bonds. The number of aromatic nitrogens is 3. The summed E-state index contributed by atoms with van der Waals surface area (Å²) in [5, 5.41) is 19.5. The predicted molar refractivity (Wildman–Crippen MR) is 82.2 cm³/mol. The molecule has 1 aromatic carbocycles. The number of ether oxygens (including phenoxy) is 1. The van der Waals surface area contributed by atoms with Crippen LogP contribution in [0.2, 0.25) is 5.02 Å². The number of nitriles is 1. The van der Waals surface area contributed by atoms with E-state index in [-0.39, 0.29) is 16.4 Å². The first-order valence-electron chi connectivity index (χ1n) is 7.23. The number of amides is 1. The Labute approximate surface area is 142 Å². The second-order valence-electron chi connectivity index (χ2n) is 5.38. The van der Waals surface area contributed by atoms with Gasteiger partial charge >= 0.3 is 0 Å². The van der Waals surface area contributed by atoms with E-state index in [1.165, 1.54) is 18.3 Å². The molecule has 0 saturated carbocycles. The number of hydrogen-bond acceptors (Lipinski definition) is 5. The number of carbonyl (C=O) groups excluding carboxylic acids is 1. The van der Waals surface area contributed by atoms with Gasteiger partial charge in [-0.15, -0.1) is 5.10 Å². The standard InChI is InChI=1S/C15H13ClFN5O2/c16-10-2-1-3-12(13(10)17)22-8-11(20-21-22)14(23)19-15(9-18)4-6-24-7-5-15/h1-3,8H,4-7H2,(H,19,23). The lowest BCUT2D eigenvalue weighted by Crippen LogP contribution is -2.51. The molecule has 1 aliphatic heterocycles. The van der Waals surface area contributed by atoms with E-state index in [0.29, 0.717) is 26.1 Å². The van der Waals surface area contributed by atoms with E-state index in [1.807, 2.05) is 0 Å². The van der Waals surface area contributed by atoms with E-state index in [4.69, 9.17) is 16.3 Å². The lowest BCUT2D eigenvalue weighted by Gasteiger charge is -2.31. The van der Waals surface area contributed by atoms with E-state index in [9.17, 15) is 14.4 Å². The molecule has 2 aromatic rings. The summed E-state index contributed by atoms with van der Waals surface area (Å²) in [6.45, 7) is 0.794. The number of nitrogens with one attached hydrogen (secondary N) is 1. The van der Waals surface area contributed by atoms with Crippen LogP contribution in [0.15, 0.2) is 24.4 Å². The summed E-state index contributed by atoms with van der Waals surface area (Å²) in [7, 11) is 0. The van der Waals surface area contributed by atoms with Crippen molar-refractivity contribution in [3.05, 3.63) is 40.9 Å². The SMILES string of the molecule is N#CC1(NC(=O)c2cn(-c3cccc(Cl)c3F)nn2)CCOCC1. The Morgan fingerprint density at radius 3 is 2.92 bits per heavy atom. The Morgan fingerprint density at radius 2 is 2.21 bits per heavy atom. The largest absolute Gasteiger partial charge is 0.381 e. The maximum absolute atomic E-state index is 14.0. The van der Waals surface area contributed by atoms with E-state index in [1.54, 1.807) is 6.07 Å². The first-order valence-corrected chi connectivity index (χ1v) is 7.61. The highest BCUT2D eigenvalue weighted by atomic mass is 35.5. The zero-order valence-corrected chi connectivity index (χ0v) is 13.3. The smallest absolute Gasteiger partial charge is 0.274 e. The van der Waals surface area contributed by atoms with Gasteiger partial charge in [-0.3, -0.25) is 4.79 Å². The fourth-order valence-corrected chi connectivity index (χ4v) is 2.59. The monoisotopic (exact) mass is 349 g/mol. The molecule has 1 aromatic heterocycles. The quantitative estimate of drug-likeness (QED) is 0.913. The topological polar surface area (TPSA) is 92.8 Å². The van der Waals surface area contributed by atoms with Crippen LogP contribution in [0.25, 0.3) is 5.69 Å². The van der Waals surface area contributed by atoms with Gasteiger partial charge in [0.15, 0.2) is 11.5 Å². The molecule has 0 atom stereocenters. The van der Waals surface area contributed by atoms with Crippen molar-refractivity contribution in [1.29, 1.82) is 5.26 Å². The molecule has 7 nitrogen and oxygen atoms in total. The molecular weight excluding hydrogens is 337 g/mol. The number of benzene rings is 1. The zero-order chi connectivity index (χ0) is 17.2. The third-order valence-electron chi connectivity index (χ3n) is 3.82. The number of hydrogen-bond donors (Lipinski definition) is 1. The summed E-state index contributed by atoms with van der Waals surface area (Å²) in [5.41, 5.74) is -0.925. The van der Waals surface area contributed by atoms with E-state index < -0.39 is 17.3 Å². The van der Waals surface area contributed by atoms with Gasteiger partial charge in [0.25, 0.3) is 5.91 Å². The molecule has 24 heavy (non-hydrogen) atoms. The van der Waals surface area contributed by atoms with E-state index in [0.717, 1.165) is 4.68 Å². The third kappa shape index (κ3) is 3.09. The summed E-state index contributed by atoms with van der Waals surface area (Å²) in [6, 6.07) is 6.57. The van der Waals surface area contributed by atoms with Gasteiger partial charge in [0.2, 0.25) is 0 Å². The van der Waals surface area contributed by atoms with Gasteiger partial charge in [-0.1, -0.05) is 22.9 Å². The Balaban J connectivity index is 1.81. The highest BCUT2D eigenvalue weighted by Gasteiger charge is 2.35. The van der Waals surface area contributed by atoms with Gasteiger partial charge in [-0.2, -0.15) is 5.26 Å². The van der Waals surface area contributed by atoms with Crippen molar-refractivity contribution in [2.24, 2.45) is 0 Å². The Hall–Kier alpha value is -2.50. The second kappa shape index (κ2) is 6.55. The maximum Gasteiger partial charge on any atom is 0.274 e. The molecule has 124 valence electrons. The third-order valence-corrected chi connectivity index (χ3v) is 4.11. The van der Waals surface area contributed by atoms with Crippen molar-refractivity contribution >= 4 is 17.5 Å². The lowest BCUT2D eigenvalue weighted by atomic mass is 9.91. The molecule has 1 N–H and O–H groups in total. The first-order chi connectivity index (χ1) is 11.5. The van der Waals surface area contributed by atoms with Crippen LogP contribution in [0, 0.1) is 17.1 Å². The normalized spacial score (nSPS) is 16.4. The summed E-state index contributed by atoms with van der Waals surface area (Å²) in [6.07, 6.45) is 2.08. The van der Waals surface area contributed by atoms with Crippen LogP contribution >= 0.6 is 11.6 Å². The summed E-state index contributed by atoms with van der Waals surface area (Å²) < 4.78 is 20.3. The fourth-order valence-electron chi connectivity index (χ4n) is 2.42. The molecular formula is C15H13ClFN5O2. The molecule has 0 aliphatic carbocycles. The van der Waals surface area contributed by atoms with Crippen LogP contribution in [0.1, 0.15) is 23.3 Å². The van der Waals surface area contributed by atoms with Crippen molar-refractivity contribution in [2.75, 3.05) is 13.2 Å². The first kappa shape index (κ1) is 16.4. The van der Waals surface area contributed by atoms with Gasteiger partial charge in [0, 0.05) is 26.1 Å². The average molecular weight is 350 g/mol. The van der Waals surface area contributed by atoms with Gasteiger partial charge in [0.05, 0.1) is 17.3 Å². The lowest BCUT2D eigenvalue weighted by molar-refractivity contribution is 0.0529. The van der Waals surface area contributed by atoms with E-state index in [2.05, 4.69) is 21.7 Å². The minimum atomic E-state index is -0.986. The van der Waals surface area contributed by atoms with Crippen molar-refractivity contribution in [3.63, 3.8) is 0 Å². The predicted octanol–water partition coefficient (Wildman–Crippen LogP) is 1.86. The van der Waals surface area contributed by atoms with Crippen LogP contribution in [-0.4, -0.2) is 39.7 Å². The Kier molecular flexibility index (Phi) is 4.46. The number of halogens is 2. The Morgan fingerprint density at radius 1 is 1.46 bits per heavy atom. The summed E-state index contributed by atoms with van der Waals surface area (Å²) >= 11 is 5.74. The van der Waals surface area contributed by atoms with E-state index >= 15 is 0 Å². The van der Waals surface area contributed by atoms with Gasteiger partial charge < -0.3 is 10.1 Å². The molecule has 1 aliphatic rings. The van der Waals surface area contributed by atoms with Gasteiger partial charge in [0.1, 0.15) is 11.2 Å². The van der Waals surface area contributed by atoms with Crippen LogP contribution < -0.4 is 5.32 Å². The molecule has 0 unspecified atom stereocenters. The van der Waals surface area contributed by atoms with Crippen molar-refractivity contribution in [3.8, 4) is 11.8 Å². The van der Waals surface area contributed by atoms with Crippen LogP contribution in [0.4, 0.5) is 4.39 Å². The minimum absolute atomic E-state index is 0.0181. The second-order valence-corrected chi connectivity index (χ2v) is 5.79. The van der Waals surface area contributed by atoms with Crippen molar-refractivity contribution in [2.45, 2.75) is 18.4 Å². The Bertz CT molecular complexity index is 810. The number of carbonyl (C=O) groups is 1. The fraction of sp³-hybridized carbons (Fsp3) is 0.333. The summed E-state index contributed by atoms with van der Waals surface area (Å²) in [5.74, 6) is -1.21. The molecule has 1 fully saturated rings. The molecule has 3 rings (SSSR count). The molecule has 9 heteroatoms. The number of nitrogens with zero attached hydrogens (tertiary/aromatic N) is 4. The molecule has 0 bridgehead atoms. The molecule has 2 heterocycles. The van der Waals surface area contributed by atoms with Crippen LogP contribution in [0.3, 0.4) is 0 Å².